The van der Waals surface area contributed by atoms with E-state index in [9.17, 15) is 9.59 Å². The predicted octanol–water partition coefficient (Wildman–Crippen LogP) is 1.19. The van der Waals surface area contributed by atoms with Crippen LogP contribution in [-0.2, 0) is 4.79 Å². The Hall–Kier alpha value is -1.59. The van der Waals surface area contributed by atoms with Gasteiger partial charge in [-0.15, -0.1) is 12.4 Å². The van der Waals surface area contributed by atoms with Crippen LogP contribution in [0.25, 0.3) is 0 Å². The van der Waals surface area contributed by atoms with E-state index in [1.165, 1.54) is 0 Å². The summed E-state index contributed by atoms with van der Waals surface area (Å²) in [6, 6.07) is 9.24. The van der Waals surface area contributed by atoms with Gasteiger partial charge in [0.1, 0.15) is 5.54 Å². The summed E-state index contributed by atoms with van der Waals surface area (Å²) in [5, 5.41) is 6.23. The number of piperazine rings is 1. The molecule has 5 nitrogen and oxygen atoms in total. The highest BCUT2D eigenvalue weighted by Crippen LogP contribution is 2.38. The van der Waals surface area contributed by atoms with Crippen molar-refractivity contribution < 1.29 is 9.59 Å². The molecule has 1 saturated heterocycles. The Morgan fingerprint density at radius 2 is 1.95 bits per heavy atom. The molecule has 1 heterocycles. The maximum absolute atomic E-state index is 12.7. The van der Waals surface area contributed by atoms with Crippen molar-refractivity contribution in [2.75, 3.05) is 19.6 Å². The Bertz CT molecular complexity index is 546. The Labute approximate surface area is 136 Å². The van der Waals surface area contributed by atoms with Gasteiger partial charge in [-0.2, -0.15) is 0 Å². The second-order valence-electron chi connectivity index (χ2n) is 5.95. The topological polar surface area (TPSA) is 61.4 Å². The minimum Gasteiger partial charge on any atom is -0.338 e. The number of carbonyl (C=O) groups is 2. The molecule has 1 aliphatic carbocycles. The summed E-state index contributed by atoms with van der Waals surface area (Å²) in [6.45, 7) is 4.38. The van der Waals surface area contributed by atoms with Crippen LogP contribution in [0, 0.1) is 0 Å². The molecule has 1 aromatic carbocycles. The Kier molecular flexibility index (Phi) is 5.08. The number of benzene rings is 1. The number of hydrogen-bond acceptors (Lipinski definition) is 3. The van der Waals surface area contributed by atoms with Gasteiger partial charge in [0, 0.05) is 31.2 Å². The van der Waals surface area contributed by atoms with Crippen LogP contribution in [0.4, 0.5) is 0 Å². The maximum Gasteiger partial charge on any atom is 0.252 e. The third-order valence-electron chi connectivity index (χ3n) is 4.31. The summed E-state index contributed by atoms with van der Waals surface area (Å²) in [6.07, 6.45) is 1.47. The SMILES string of the molecule is C[C@H]1CNCCN1C(=O)C1(NC(=O)c2ccccc2)CC1.Cl. The van der Waals surface area contributed by atoms with Crippen LogP contribution in [0.5, 0.6) is 0 Å². The molecule has 1 saturated carbocycles. The molecule has 0 bridgehead atoms. The molecule has 6 heteroatoms. The second kappa shape index (κ2) is 6.67. The van der Waals surface area contributed by atoms with Crippen molar-refractivity contribution in [3.63, 3.8) is 0 Å². The summed E-state index contributed by atoms with van der Waals surface area (Å²) in [4.78, 5) is 26.9. The third-order valence-corrected chi connectivity index (χ3v) is 4.31. The number of amides is 2. The van der Waals surface area contributed by atoms with E-state index in [1.54, 1.807) is 12.1 Å². The van der Waals surface area contributed by atoms with E-state index in [0.29, 0.717) is 12.1 Å². The first-order chi connectivity index (χ1) is 10.1. The zero-order chi connectivity index (χ0) is 14.9. The molecule has 0 spiro atoms. The highest BCUT2D eigenvalue weighted by molar-refractivity contribution is 6.00. The largest absolute Gasteiger partial charge is 0.338 e. The standard InChI is InChI=1S/C16H21N3O2.ClH/c1-12-11-17-9-10-19(12)15(21)16(7-8-16)18-14(20)13-5-3-2-4-6-13;/h2-6,12,17H,7-11H2,1H3,(H,18,20);1H/t12-;/m0./s1. The van der Waals surface area contributed by atoms with Crippen molar-refractivity contribution >= 4 is 24.2 Å². The minimum absolute atomic E-state index is 0. The number of nitrogens with zero attached hydrogens (tertiary/aromatic N) is 1. The average molecular weight is 324 g/mol. The first kappa shape index (κ1) is 16.8. The summed E-state index contributed by atoms with van der Waals surface area (Å²) in [7, 11) is 0. The smallest absolute Gasteiger partial charge is 0.252 e. The van der Waals surface area contributed by atoms with Gasteiger partial charge in [-0.25, -0.2) is 0 Å². The Morgan fingerprint density at radius 1 is 1.27 bits per heavy atom. The summed E-state index contributed by atoms with van der Waals surface area (Å²) in [5.41, 5.74) is -0.0663. The Morgan fingerprint density at radius 3 is 2.55 bits per heavy atom. The molecule has 120 valence electrons. The van der Waals surface area contributed by atoms with E-state index < -0.39 is 5.54 Å². The van der Waals surface area contributed by atoms with E-state index in [1.807, 2.05) is 30.0 Å². The van der Waals surface area contributed by atoms with Crippen molar-refractivity contribution in [1.82, 2.24) is 15.5 Å². The lowest BCUT2D eigenvalue weighted by Crippen LogP contribution is -2.59. The van der Waals surface area contributed by atoms with E-state index in [2.05, 4.69) is 10.6 Å². The van der Waals surface area contributed by atoms with Crippen LogP contribution in [-0.4, -0.2) is 47.9 Å². The molecule has 2 amide bonds. The van der Waals surface area contributed by atoms with Gasteiger partial charge in [-0.05, 0) is 31.9 Å². The van der Waals surface area contributed by atoms with Crippen molar-refractivity contribution in [1.29, 1.82) is 0 Å². The molecule has 2 aliphatic rings. The van der Waals surface area contributed by atoms with Gasteiger partial charge in [-0.1, -0.05) is 18.2 Å². The molecular weight excluding hydrogens is 302 g/mol. The summed E-state index contributed by atoms with van der Waals surface area (Å²) >= 11 is 0. The quantitative estimate of drug-likeness (QED) is 0.878. The molecule has 2 N–H and O–H groups in total. The maximum atomic E-state index is 12.7. The molecule has 0 aromatic heterocycles. The molecule has 3 rings (SSSR count). The van der Waals surface area contributed by atoms with E-state index in [-0.39, 0.29) is 30.3 Å². The van der Waals surface area contributed by atoms with Gasteiger partial charge < -0.3 is 15.5 Å². The summed E-state index contributed by atoms with van der Waals surface area (Å²) < 4.78 is 0. The molecule has 2 fully saturated rings. The highest BCUT2D eigenvalue weighted by atomic mass is 35.5. The van der Waals surface area contributed by atoms with Crippen LogP contribution in [0.1, 0.15) is 30.1 Å². The zero-order valence-electron chi connectivity index (χ0n) is 12.7. The normalized spacial score (nSPS) is 22.4. The number of rotatable bonds is 3. The number of nitrogens with one attached hydrogen (secondary N) is 2. The van der Waals surface area contributed by atoms with Crippen molar-refractivity contribution in [2.24, 2.45) is 0 Å². The molecule has 1 aromatic rings. The number of halogens is 1. The van der Waals surface area contributed by atoms with E-state index in [4.69, 9.17) is 0 Å². The monoisotopic (exact) mass is 323 g/mol. The Balaban J connectivity index is 0.00000176. The molecule has 1 aliphatic heterocycles. The first-order valence-corrected chi connectivity index (χ1v) is 7.52. The first-order valence-electron chi connectivity index (χ1n) is 7.52. The van der Waals surface area contributed by atoms with Gasteiger partial charge in [0.2, 0.25) is 5.91 Å². The zero-order valence-corrected chi connectivity index (χ0v) is 13.5. The highest BCUT2D eigenvalue weighted by Gasteiger charge is 2.53. The van der Waals surface area contributed by atoms with Gasteiger partial charge in [0.25, 0.3) is 5.91 Å². The lowest BCUT2D eigenvalue weighted by atomic mass is 10.1. The van der Waals surface area contributed by atoms with E-state index >= 15 is 0 Å². The van der Waals surface area contributed by atoms with Crippen molar-refractivity contribution in [2.45, 2.75) is 31.3 Å². The van der Waals surface area contributed by atoms with Gasteiger partial charge in [-0.3, -0.25) is 9.59 Å². The van der Waals surface area contributed by atoms with Gasteiger partial charge in [0.15, 0.2) is 0 Å². The molecule has 1 atom stereocenters. The fourth-order valence-electron chi connectivity index (χ4n) is 2.81. The van der Waals surface area contributed by atoms with Gasteiger partial charge in [0.05, 0.1) is 0 Å². The minimum atomic E-state index is -0.668. The lowest BCUT2D eigenvalue weighted by Gasteiger charge is -2.36. The third kappa shape index (κ3) is 3.25. The van der Waals surface area contributed by atoms with Crippen molar-refractivity contribution in [3.8, 4) is 0 Å². The summed E-state index contributed by atoms with van der Waals surface area (Å²) in [5.74, 6) is -0.0926. The number of hydrogen-bond donors (Lipinski definition) is 2. The fourth-order valence-corrected chi connectivity index (χ4v) is 2.81. The lowest BCUT2D eigenvalue weighted by molar-refractivity contribution is -0.137. The van der Waals surface area contributed by atoms with Crippen LogP contribution >= 0.6 is 12.4 Å². The van der Waals surface area contributed by atoms with Crippen LogP contribution in [0.3, 0.4) is 0 Å². The van der Waals surface area contributed by atoms with Crippen LogP contribution in [0.2, 0.25) is 0 Å². The fraction of sp³-hybridized carbons (Fsp3) is 0.500. The van der Waals surface area contributed by atoms with Crippen molar-refractivity contribution in [3.05, 3.63) is 35.9 Å². The van der Waals surface area contributed by atoms with Crippen LogP contribution in [0.15, 0.2) is 30.3 Å². The second-order valence-corrected chi connectivity index (χ2v) is 5.95. The van der Waals surface area contributed by atoms with E-state index in [0.717, 1.165) is 25.9 Å². The molecule has 0 unspecified atom stereocenters. The van der Waals surface area contributed by atoms with Crippen LogP contribution < -0.4 is 10.6 Å². The average Bonchev–Trinajstić information content (AvgIpc) is 3.29. The van der Waals surface area contributed by atoms with Gasteiger partial charge >= 0.3 is 0 Å². The molecule has 22 heavy (non-hydrogen) atoms. The predicted molar refractivity (Wildman–Crippen MR) is 87.2 cm³/mol. The molecular formula is C16H22ClN3O2. The molecule has 0 radical (unpaired) electrons. The number of carbonyl (C=O) groups excluding carboxylic acids is 2.